The molecule has 1 aliphatic carbocycles. The van der Waals surface area contributed by atoms with Crippen LogP contribution in [0.4, 0.5) is 0 Å². The molecule has 1 rings (SSSR count). The summed E-state index contributed by atoms with van der Waals surface area (Å²) >= 11 is 0. The number of halogens is 2. The van der Waals surface area contributed by atoms with E-state index in [0.717, 1.165) is 25.7 Å². The third kappa shape index (κ3) is 6.55. The van der Waals surface area contributed by atoms with Crippen LogP contribution in [0, 0.1) is 5.92 Å². The average molecular weight is 235 g/mol. The topological polar surface area (TPSA) is 29.3 Å². The minimum atomic E-state index is -2.56. The standard InChI is InChI=1S/C9H20N2.2ClH/c1-11(2)7-8-3-5-9(10)6-4-8;;/h8-9H,3-7,10H2,1-2H3;2*1H/i1D3,2D3;;. The Morgan fingerprint density at radius 2 is 1.77 bits per heavy atom. The summed E-state index contributed by atoms with van der Waals surface area (Å²) in [5.41, 5.74) is 5.76. The average Bonchev–Trinajstić information content (AvgIpc) is 2.13. The molecule has 0 aromatic heterocycles. The molecular formula is C9H22Cl2N2. The molecule has 0 saturated heterocycles. The molecule has 82 valence electrons. The van der Waals surface area contributed by atoms with Crippen molar-refractivity contribution in [3.8, 4) is 0 Å². The lowest BCUT2D eigenvalue weighted by Gasteiger charge is -2.28. The summed E-state index contributed by atoms with van der Waals surface area (Å²) in [6, 6.07) is 0.181. The smallest absolute Gasteiger partial charge is 0.0394 e. The van der Waals surface area contributed by atoms with Gasteiger partial charge in [0, 0.05) is 20.8 Å². The molecule has 4 heteroatoms. The number of nitrogens with two attached hydrogens (primary N) is 1. The second-order valence-electron chi connectivity index (χ2n) is 3.39. The zero-order chi connectivity index (χ0) is 13.3. The van der Waals surface area contributed by atoms with E-state index in [9.17, 15) is 0 Å². The van der Waals surface area contributed by atoms with Gasteiger partial charge in [-0.25, -0.2) is 0 Å². The second-order valence-corrected chi connectivity index (χ2v) is 3.39. The van der Waals surface area contributed by atoms with Gasteiger partial charge in [0.1, 0.15) is 0 Å². The molecular weight excluding hydrogens is 207 g/mol. The fourth-order valence-corrected chi connectivity index (χ4v) is 1.63. The van der Waals surface area contributed by atoms with E-state index in [-0.39, 0.29) is 43.3 Å². The van der Waals surface area contributed by atoms with Crippen LogP contribution in [0.2, 0.25) is 0 Å². The van der Waals surface area contributed by atoms with Crippen molar-refractivity contribution in [2.24, 2.45) is 11.7 Å². The Hall–Kier alpha value is 0.500. The van der Waals surface area contributed by atoms with Gasteiger partial charge in [0.15, 0.2) is 0 Å². The van der Waals surface area contributed by atoms with Crippen molar-refractivity contribution in [2.75, 3.05) is 20.5 Å². The maximum atomic E-state index is 7.28. The van der Waals surface area contributed by atoms with Gasteiger partial charge in [0.2, 0.25) is 0 Å². The van der Waals surface area contributed by atoms with E-state index < -0.39 is 14.0 Å². The molecule has 1 saturated carbocycles. The van der Waals surface area contributed by atoms with Gasteiger partial charge in [-0.05, 0) is 45.6 Å². The van der Waals surface area contributed by atoms with Crippen molar-refractivity contribution < 1.29 is 8.22 Å². The molecule has 0 aromatic carbocycles. The van der Waals surface area contributed by atoms with Gasteiger partial charge >= 0.3 is 0 Å². The van der Waals surface area contributed by atoms with Crippen LogP contribution in [-0.4, -0.2) is 31.4 Å². The first-order valence-corrected chi connectivity index (χ1v) is 4.14. The number of hydrogen-bond donors (Lipinski definition) is 1. The number of hydrogen-bond acceptors (Lipinski definition) is 2. The summed E-state index contributed by atoms with van der Waals surface area (Å²) in [6.07, 6.45) is 3.31. The monoisotopic (exact) mass is 234 g/mol. The van der Waals surface area contributed by atoms with Crippen LogP contribution in [0.3, 0.4) is 0 Å². The summed E-state index contributed by atoms with van der Waals surface area (Å²) < 4.78 is 43.7. The molecule has 2 N–H and O–H groups in total. The summed E-state index contributed by atoms with van der Waals surface area (Å²) in [6.45, 7) is -5.03. The minimum absolute atomic E-state index is 0. The maximum absolute atomic E-state index is 7.28. The van der Waals surface area contributed by atoms with Crippen LogP contribution >= 0.6 is 24.8 Å². The molecule has 0 radical (unpaired) electrons. The predicted molar refractivity (Wildman–Crippen MR) is 63.0 cm³/mol. The van der Waals surface area contributed by atoms with E-state index in [1.807, 2.05) is 0 Å². The van der Waals surface area contributed by atoms with Crippen molar-refractivity contribution in [1.82, 2.24) is 4.90 Å². The fraction of sp³-hybridized carbons (Fsp3) is 1.00. The summed E-state index contributed by atoms with van der Waals surface area (Å²) in [7, 11) is 0. The maximum Gasteiger partial charge on any atom is 0.0394 e. The zero-order valence-electron chi connectivity index (χ0n) is 13.5. The van der Waals surface area contributed by atoms with E-state index in [4.69, 9.17) is 14.0 Å². The molecule has 0 heterocycles. The third-order valence-corrected chi connectivity index (χ3v) is 2.33. The lowest BCUT2D eigenvalue weighted by Crippen LogP contribution is -2.31. The predicted octanol–water partition coefficient (Wildman–Crippen LogP) is 1.91. The Labute approximate surface area is 102 Å². The Balaban J connectivity index is 0. The van der Waals surface area contributed by atoms with Crippen LogP contribution < -0.4 is 5.73 Å². The molecule has 0 bridgehead atoms. The Morgan fingerprint density at radius 1 is 1.23 bits per heavy atom. The summed E-state index contributed by atoms with van der Waals surface area (Å²) in [5, 5.41) is 0. The van der Waals surface area contributed by atoms with Crippen molar-refractivity contribution >= 4 is 24.8 Å². The molecule has 0 atom stereocenters. The molecule has 0 aliphatic heterocycles. The summed E-state index contributed by atoms with van der Waals surface area (Å²) in [4.78, 5) is 0.654. The van der Waals surface area contributed by atoms with Gasteiger partial charge in [-0.1, -0.05) is 0 Å². The lowest BCUT2D eigenvalue weighted by atomic mass is 9.86. The van der Waals surface area contributed by atoms with Crippen LogP contribution in [0.15, 0.2) is 0 Å². The zero-order valence-corrected chi connectivity index (χ0v) is 9.16. The highest BCUT2D eigenvalue weighted by Crippen LogP contribution is 2.23. The largest absolute Gasteiger partial charge is 0.328 e. The molecule has 0 spiro atoms. The first-order valence-electron chi connectivity index (χ1n) is 7.14. The normalized spacial score (nSPS) is 36.5. The van der Waals surface area contributed by atoms with Crippen LogP contribution in [0.1, 0.15) is 33.9 Å². The van der Waals surface area contributed by atoms with Gasteiger partial charge < -0.3 is 10.6 Å². The minimum Gasteiger partial charge on any atom is -0.328 e. The van der Waals surface area contributed by atoms with Crippen LogP contribution in [0.5, 0.6) is 0 Å². The van der Waals surface area contributed by atoms with E-state index in [0.29, 0.717) is 4.90 Å². The van der Waals surface area contributed by atoms with Gasteiger partial charge in [-0.3, -0.25) is 0 Å². The number of nitrogens with zero attached hydrogens (tertiary/aromatic N) is 1. The third-order valence-electron chi connectivity index (χ3n) is 2.33. The van der Waals surface area contributed by atoms with Gasteiger partial charge in [-0.15, -0.1) is 24.8 Å². The highest BCUT2D eigenvalue weighted by atomic mass is 35.5. The Bertz CT molecular complexity index is 236. The molecule has 1 fully saturated rings. The van der Waals surface area contributed by atoms with Crippen molar-refractivity contribution in [2.45, 2.75) is 31.7 Å². The molecule has 1 aliphatic rings. The quantitative estimate of drug-likeness (QED) is 0.792. The molecule has 2 nitrogen and oxygen atoms in total. The first-order chi connectivity index (χ1) is 7.60. The molecule has 0 aromatic rings. The Morgan fingerprint density at radius 3 is 2.23 bits per heavy atom. The highest BCUT2D eigenvalue weighted by Gasteiger charge is 2.18. The van der Waals surface area contributed by atoms with Crippen LogP contribution in [0.25, 0.3) is 0 Å². The van der Waals surface area contributed by atoms with E-state index >= 15 is 0 Å². The van der Waals surface area contributed by atoms with Crippen molar-refractivity contribution in [3.05, 3.63) is 0 Å². The van der Waals surface area contributed by atoms with Gasteiger partial charge in [0.05, 0.1) is 0 Å². The van der Waals surface area contributed by atoms with Crippen LogP contribution in [-0.2, 0) is 0 Å². The van der Waals surface area contributed by atoms with Gasteiger partial charge in [0.25, 0.3) is 0 Å². The SMILES string of the molecule is Cl.Cl.[2H]C([2H])([2H])N(CC1CCC(N)CC1)C([2H])([2H])[2H]. The van der Waals surface area contributed by atoms with E-state index in [1.165, 1.54) is 0 Å². The molecule has 13 heavy (non-hydrogen) atoms. The molecule has 0 unspecified atom stereocenters. The van der Waals surface area contributed by atoms with E-state index in [2.05, 4.69) is 0 Å². The van der Waals surface area contributed by atoms with E-state index in [1.54, 1.807) is 0 Å². The Kier molecular flexibility index (Phi) is 4.17. The summed E-state index contributed by atoms with van der Waals surface area (Å²) in [5.74, 6) is 0.121. The molecule has 0 amide bonds. The first kappa shape index (κ1) is 6.89. The van der Waals surface area contributed by atoms with Crippen molar-refractivity contribution in [1.29, 1.82) is 0 Å². The van der Waals surface area contributed by atoms with Gasteiger partial charge in [-0.2, -0.15) is 0 Å². The second kappa shape index (κ2) is 7.86. The number of rotatable bonds is 2. The lowest BCUT2D eigenvalue weighted by molar-refractivity contribution is 0.250. The fourth-order valence-electron chi connectivity index (χ4n) is 1.63. The highest BCUT2D eigenvalue weighted by molar-refractivity contribution is 5.85. The van der Waals surface area contributed by atoms with Crippen molar-refractivity contribution in [3.63, 3.8) is 0 Å².